The Balaban J connectivity index is 2.02. The van der Waals surface area contributed by atoms with E-state index in [-0.39, 0.29) is 5.60 Å². The monoisotopic (exact) mass is 250 g/mol. The summed E-state index contributed by atoms with van der Waals surface area (Å²) in [5, 5.41) is 0. The predicted molar refractivity (Wildman–Crippen MR) is 71.9 cm³/mol. The van der Waals surface area contributed by atoms with E-state index >= 15 is 0 Å². The van der Waals surface area contributed by atoms with Crippen LogP contribution >= 0.6 is 0 Å². The molecule has 1 heterocycles. The van der Waals surface area contributed by atoms with Gasteiger partial charge >= 0.3 is 0 Å². The molecule has 18 heavy (non-hydrogen) atoms. The lowest BCUT2D eigenvalue weighted by atomic mass is 10.0. The van der Waals surface area contributed by atoms with Crippen LogP contribution in [-0.4, -0.2) is 37.5 Å². The van der Waals surface area contributed by atoms with E-state index in [2.05, 4.69) is 45.0 Å². The molecule has 0 radical (unpaired) electrons. The lowest BCUT2D eigenvalue weighted by Gasteiger charge is -2.33. The molecule has 0 aromatic heterocycles. The van der Waals surface area contributed by atoms with Gasteiger partial charge < -0.3 is 4.74 Å². The molecular weight excluding hydrogens is 226 g/mol. The zero-order valence-corrected chi connectivity index (χ0v) is 11.7. The summed E-state index contributed by atoms with van der Waals surface area (Å²) in [6.45, 7) is 10.9. The van der Waals surface area contributed by atoms with Crippen molar-refractivity contribution in [3.63, 3.8) is 0 Å². The summed E-state index contributed by atoms with van der Waals surface area (Å²) in [5.41, 5.74) is 1.04. The molecular formula is C15H24NO2+. The molecule has 1 saturated heterocycles. The molecule has 0 spiro atoms. The van der Waals surface area contributed by atoms with Gasteiger partial charge in [0.05, 0.1) is 6.61 Å². The first-order chi connectivity index (χ1) is 8.70. The van der Waals surface area contributed by atoms with Crippen LogP contribution in [0.2, 0.25) is 0 Å². The summed E-state index contributed by atoms with van der Waals surface area (Å²) in [4.78, 5) is 6.17. The molecule has 1 aromatic rings. The number of ether oxygens (including phenoxy) is 1. The molecule has 3 nitrogen and oxygen atoms in total. The van der Waals surface area contributed by atoms with Crippen molar-refractivity contribution in [3.05, 3.63) is 35.9 Å². The highest BCUT2D eigenvalue weighted by molar-refractivity contribution is 5.26. The van der Waals surface area contributed by atoms with Gasteiger partial charge in [-0.15, -0.1) is 0 Å². The molecule has 100 valence electrons. The third-order valence-electron chi connectivity index (χ3n) is 4.09. The van der Waals surface area contributed by atoms with E-state index in [4.69, 9.17) is 9.57 Å². The van der Waals surface area contributed by atoms with Crippen LogP contribution in [0.5, 0.6) is 0 Å². The van der Waals surface area contributed by atoms with Crippen LogP contribution in [0.1, 0.15) is 26.3 Å². The van der Waals surface area contributed by atoms with Gasteiger partial charge in [-0.2, -0.15) is 9.48 Å². The van der Waals surface area contributed by atoms with Crippen LogP contribution in [0, 0.1) is 0 Å². The number of epoxide rings is 1. The Labute approximate surface area is 110 Å². The minimum absolute atomic E-state index is 0.190. The Morgan fingerprint density at radius 2 is 1.67 bits per heavy atom. The van der Waals surface area contributed by atoms with Crippen LogP contribution in [-0.2, 0) is 15.2 Å². The molecule has 2 rings (SSSR count). The number of rotatable bonds is 7. The summed E-state index contributed by atoms with van der Waals surface area (Å²) in [5.74, 6) is 0. The molecule has 0 N–H and O–H groups in total. The average Bonchev–Trinajstić information content (AvgIpc) is 3.23. The third kappa shape index (κ3) is 2.58. The molecule has 3 heteroatoms. The number of benzene rings is 1. The smallest absolute Gasteiger partial charge is 0.146 e. The Morgan fingerprint density at radius 3 is 2.11 bits per heavy atom. The number of quaternary nitrogens is 1. The summed E-state index contributed by atoms with van der Waals surface area (Å²) >= 11 is 0. The van der Waals surface area contributed by atoms with E-state index in [9.17, 15) is 0 Å². The van der Waals surface area contributed by atoms with Gasteiger partial charge in [-0.25, -0.2) is 0 Å². The average molecular weight is 250 g/mol. The summed E-state index contributed by atoms with van der Waals surface area (Å²) < 4.78 is 6.38. The molecule has 0 amide bonds. The summed E-state index contributed by atoms with van der Waals surface area (Å²) in [6, 6.07) is 10.4. The second-order valence-corrected chi connectivity index (χ2v) is 4.93. The fourth-order valence-electron chi connectivity index (χ4n) is 2.35. The van der Waals surface area contributed by atoms with Crippen LogP contribution in [0.15, 0.2) is 30.3 Å². The standard InChI is InChI=1S/C15H24NO2/c1-4-16(5-2,6-3)18-13-15(12-17-15)14-10-8-7-9-11-14/h7-11H,4-6,12-13H2,1-3H3/q+1. The minimum atomic E-state index is -0.190. The van der Waals surface area contributed by atoms with Gasteiger partial charge in [0.1, 0.15) is 31.8 Å². The maximum atomic E-state index is 6.17. The van der Waals surface area contributed by atoms with Crippen molar-refractivity contribution in [2.24, 2.45) is 0 Å². The van der Waals surface area contributed by atoms with Crippen LogP contribution in [0.25, 0.3) is 0 Å². The largest absolute Gasteiger partial charge is 0.362 e. The lowest BCUT2D eigenvalue weighted by Crippen LogP contribution is -2.48. The van der Waals surface area contributed by atoms with Crippen molar-refractivity contribution in [2.45, 2.75) is 26.4 Å². The highest BCUT2D eigenvalue weighted by Gasteiger charge is 2.49. The van der Waals surface area contributed by atoms with E-state index < -0.39 is 0 Å². The maximum Gasteiger partial charge on any atom is 0.146 e. The van der Waals surface area contributed by atoms with Gasteiger partial charge in [-0.05, 0) is 26.3 Å². The van der Waals surface area contributed by atoms with Gasteiger partial charge in [0.15, 0.2) is 0 Å². The van der Waals surface area contributed by atoms with E-state index in [1.807, 2.05) is 6.07 Å². The summed E-state index contributed by atoms with van der Waals surface area (Å²) in [7, 11) is 0. The molecule has 1 aromatic carbocycles. The predicted octanol–water partition coefficient (Wildman–Crippen LogP) is 2.72. The number of nitrogens with zero attached hydrogens (tertiary/aromatic N) is 1. The number of hydrogen-bond acceptors (Lipinski definition) is 2. The zero-order chi connectivity index (χ0) is 13.1. The van der Waals surface area contributed by atoms with E-state index in [0.717, 1.165) is 26.2 Å². The van der Waals surface area contributed by atoms with Gasteiger partial charge in [0.2, 0.25) is 0 Å². The summed E-state index contributed by atoms with van der Waals surface area (Å²) in [6.07, 6.45) is 0. The Hall–Kier alpha value is -0.900. The van der Waals surface area contributed by atoms with Crippen molar-refractivity contribution in [1.82, 2.24) is 0 Å². The van der Waals surface area contributed by atoms with Crippen molar-refractivity contribution >= 4 is 0 Å². The van der Waals surface area contributed by atoms with Crippen molar-refractivity contribution in [1.29, 1.82) is 0 Å². The molecule has 1 fully saturated rings. The number of hydrogen-bond donors (Lipinski definition) is 0. The SMILES string of the molecule is CC[N+](CC)(CC)OCC1(c2ccccc2)CO1. The molecule has 0 saturated carbocycles. The van der Waals surface area contributed by atoms with Crippen LogP contribution in [0.3, 0.4) is 0 Å². The molecule has 0 aliphatic carbocycles. The Bertz CT molecular complexity index is 361. The van der Waals surface area contributed by atoms with Crippen molar-refractivity contribution in [2.75, 3.05) is 32.8 Å². The molecule has 1 unspecified atom stereocenters. The quantitative estimate of drug-likeness (QED) is 0.421. The lowest BCUT2D eigenvalue weighted by molar-refractivity contribution is -1.10. The van der Waals surface area contributed by atoms with Gasteiger partial charge in [-0.1, -0.05) is 30.3 Å². The second-order valence-electron chi connectivity index (χ2n) is 4.93. The molecule has 1 aliphatic heterocycles. The fraction of sp³-hybridized carbons (Fsp3) is 0.600. The van der Waals surface area contributed by atoms with Gasteiger partial charge in [-0.3, -0.25) is 0 Å². The second kappa shape index (κ2) is 5.39. The number of hydroxylamine groups is 3. The van der Waals surface area contributed by atoms with Crippen molar-refractivity contribution < 1.29 is 14.2 Å². The van der Waals surface area contributed by atoms with E-state index in [1.54, 1.807) is 0 Å². The molecule has 1 atom stereocenters. The first-order valence-electron chi connectivity index (χ1n) is 6.90. The Morgan fingerprint density at radius 1 is 1.11 bits per heavy atom. The van der Waals surface area contributed by atoms with Crippen molar-refractivity contribution in [3.8, 4) is 0 Å². The first-order valence-corrected chi connectivity index (χ1v) is 6.90. The van der Waals surface area contributed by atoms with Crippen LogP contribution in [0.4, 0.5) is 0 Å². The fourth-order valence-corrected chi connectivity index (χ4v) is 2.35. The maximum absolute atomic E-state index is 6.17. The Kier molecular flexibility index (Phi) is 4.05. The topological polar surface area (TPSA) is 21.8 Å². The van der Waals surface area contributed by atoms with Gasteiger partial charge in [0.25, 0.3) is 0 Å². The van der Waals surface area contributed by atoms with E-state index in [0.29, 0.717) is 11.3 Å². The normalized spacial score (nSPS) is 23.1. The highest BCUT2D eigenvalue weighted by atomic mass is 16.7. The van der Waals surface area contributed by atoms with Gasteiger partial charge in [0, 0.05) is 0 Å². The zero-order valence-electron chi connectivity index (χ0n) is 11.7. The third-order valence-corrected chi connectivity index (χ3v) is 4.09. The molecule has 0 bridgehead atoms. The highest BCUT2D eigenvalue weighted by Crippen LogP contribution is 2.39. The van der Waals surface area contributed by atoms with Crippen LogP contribution < -0.4 is 0 Å². The molecule has 1 aliphatic rings. The van der Waals surface area contributed by atoms with E-state index in [1.165, 1.54) is 5.56 Å². The first kappa shape index (κ1) is 13.5. The minimum Gasteiger partial charge on any atom is -0.362 e.